The fraction of sp³-hybridized carbons (Fsp3) is 0.429. The second-order valence-corrected chi connectivity index (χ2v) is 4.69. The zero-order valence-corrected chi connectivity index (χ0v) is 12.3. The van der Waals surface area contributed by atoms with Gasteiger partial charge in [-0.25, -0.2) is 4.79 Å². The molecule has 1 aliphatic rings. The number of carbonyl (C=O) groups excluding carboxylic acids is 1. The highest BCUT2D eigenvalue weighted by atomic mass is 19.4. The SMILES string of the molecule is CC(=O)Nc1ccc(C2COCCN2)cc1.O=C(O)C(F)(F)F. The van der Waals surface area contributed by atoms with Crippen molar-refractivity contribution >= 4 is 17.6 Å². The molecule has 1 atom stereocenters. The van der Waals surface area contributed by atoms with Gasteiger partial charge in [0.25, 0.3) is 0 Å². The van der Waals surface area contributed by atoms with E-state index in [9.17, 15) is 18.0 Å². The second kappa shape index (κ2) is 8.49. The van der Waals surface area contributed by atoms with Crippen molar-refractivity contribution in [1.82, 2.24) is 5.32 Å². The minimum Gasteiger partial charge on any atom is -0.475 e. The fourth-order valence-electron chi connectivity index (χ4n) is 1.78. The third-order valence-corrected chi connectivity index (χ3v) is 2.80. The van der Waals surface area contributed by atoms with Gasteiger partial charge in [-0.1, -0.05) is 12.1 Å². The molecule has 0 spiro atoms. The molecule has 1 amide bonds. The largest absolute Gasteiger partial charge is 0.490 e. The molecule has 9 heteroatoms. The highest BCUT2D eigenvalue weighted by Crippen LogP contribution is 2.18. The van der Waals surface area contributed by atoms with E-state index in [1.807, 2.05) is 24.3 Å². The van der Waals surface area contributed by atoms with E-state index in [1.54, 1.807) is 0 Å². The summed E-state index contributed by atoms with van der Waals surface area (Å²) < 4.78 is 37.1. The van der Waals surface area contributed by atoms with Crippen molar-refractivity contribution in [3.8, 4) is 0 Å². The average molecular weight is 334 g/mol. The number of benzene rings is 1. The van der Waals surface area contributed by atoms with Crippen LogP contribution in [0.1, 0.15) is 18.5 Å². The number of rotatable bonds is 2. The molecule has 1 aliphatic heterocycles. The molecule has 128 valence electrons. The minimum absolute atomic E-state index is 0.0492. The molecule has 0 aromatic heterocycles. The molecule has 1 unspecified atom stereocenters. The number of alkyl halides is 3. The van der Waals surface area contributed by atoms with E-state index in [1.165, 1.54) is 12.5 Å². The van der Waals surface area contributed by atoms with Crippen LogP contribution in [0.2, 0.25) is 0 Å². The number of carboxylic acids is 1. The molecule has 6 nitrogen and oxygen atoms in total. The molecule has 1 heterocycles. The lowest BCUT2D eigenvalue weighted by Crippen LogP contribution is -2.34. The molecule has 2 rings (SSSR count). The molecular weight excluding hydrogens is 317 g/mol. The Morgan fingerprint density at radius 3 is 2.26 bits per heavy atom. The van der Waals surface area contributed by atoms with Gasteiger partial charge in [0.2, 0.25) is 5.91 Å². The summed E-state index contributed by atoms with van der Waals surface area (Å²) in [5, 5.41) is 13.3. The van der Waals surface area contributed by atoms with Gasteiger partial charge in [-0.15, -0.1) is 0 Å². The summed E-state index contributed by atoms with van der Waals surface area (Å²) in [5.41, 5.74) is 2.02. The van der Waals surface area contributed by atoms with Crippen LogP contribution in [-0.2, 0) is 14.3 Å². The Morgan fingerprint density at radius 2 is 1.87 bits per heavy atom. The number of morpholine rings is 1. The van der Waals surface area contributed by atoms with Crippen molar-refractivity contribution in [1.29, 1.82) is 0 Å². The van der Waals surface area contributed by atoms with Crippen molar-refractivity contribution in [2.24, 2.45) is 0 Å². The molecule has 0 saturated carbocycles. The van der Waals surface area contributed by atoms with Crippen molar-refractivity contribution in [2.75, 3.05) is 25.1 Å². The van der Waals surface area contributed by atoms with Crippen LogP contribution in [0, 0.1) is 0 Å². The molecular formula is C14H17F3N2O4. The number of anilines is 1. The normalized spacial score (nSPS) is 17.7. The monoisotopic (exact) mass is 334 g/mol. The molecule has 23 heavy (non-hydrogen) atoms. The Bertz CT molecular complexity index is 526. The third kappa shape index (κ3) is 7.11. The van der Waals surface area contributed by atoms with E-state index in [4.69, 9.17) is 14.6 Å². The van der Waals surface area contributed by atoms with Crippen molar-refractivity contribution in [3.05, 3.63) is 29.8 Å². The van der Waals surface area contributed by atoms with Gasteiger partial charge in [-0.2, -0.15) is 13.2 Å². The number of carbonyl (C=O) groups is 2. The quantitative estimate of drug-likeness (QED) is 0.769. The summed E-state index contributed by atoms with van der Waals surface area (Å²) >= 11 is 0. The van der Waals surface area contributed by atoms with Crippen LogP contribution in [-0.4, -0.2) is 42.9 Å². The maximum absolute atomic E-state index is 10.9. The first-order valence-corrected chi connectivity index (χ1v) is 6.69. The number of nitrogens with one attached hydrogen (secondary N) is 2. The summed E-state index contributed by atoms with van der Waals surface area (Å²) in [7, 11) is 0. The number of ether oxygens (including phenoxy) is 1. The first kappa shape index (κ1) is 18.9. The van der Waals surface area contributed by atoms with Crippen LogP contribution in [0.15, 0.2) is 24.3 Å². The first-order valence-electron chi connectivity index (χ1n) is 6.69. The number of amides is 1. The predicted molar refractivity (Wildman–Crippen MR) is 76.0 cm³/mol. The lowest BCUT2D eigenvalue weighted by molar-refractivity contribution is -0.192. The summed E-state index contributed by atoms with van der Waals surface area (Å²) in [6.07, 6.45) is -5.08. The molecule has 1 saturated heterocycles. The molecule has 0 bridgehead atoms. The minimum atomic E-state index is -5.08. The Morgan fingerprint density at radius 1 is 1.30 bits per heavy atom. The van der Waals surface area contributed by atoms with Gasteiger partial charge in [0.15, 0.2) is 0 Å². The fourth-order valence-corrected chi connectivity index (χ4v) is 1.78. The average Bonchev–Trinajstić information content (AvgIpc) is 2.48. The van der Waals surface area contributed by atoms with Crippen LogP contribution in [0.3, 0.4) is 0 Å². The first-order chi connectivity index (χ1) is 10.7. The van der Waals surface area contributed by atoms with E-state index in [0.29, 0.717) is 6.61 Å². The van der Waals surface area contributed by atoms with Gasteiger partial charge in [0, 0.05) is 19.2 Å². The molecule has 1 aromatic rings. The smallest absolute Gasteiger partial charge is 0.475 e. The van der Waals surface area contributed by atoms with E-state index in [2.05, 4.69) is 10.6 Å². The molecule has 1 fully saturated rings. The van der Waals surface area contributed by atoms with Crippen molar-refractivity contribution in [2.45, 2.75) is 19.1 Å². The van der Waals surface area contributed by atoms with Gasteiger partial charge < -0.3 is 20.5 Å². The lowest BCUT2D eigenvalue weighted by atomic mass is 10.1. The third-order valence-electron chi connectivity index (χ3n) is 2.80. The topological polar surface area (TPSA) is 87.7 Å². The zero-order valence-electron chi connectivity index (χ0n) is 12.3. The van der Waals surface area contributed by atoms with Gasteiger partial charge in [0.05, 0.1) is 19.3 Å². The van der Waals surface area contributed by atoms with Crippen LogP contribution in [0.25, 0.3) is 0 Å². The van der Waals surface area contributed by atoms with Crippen molar-refractivity contribution < 1.29 is 32.6 Å². The Balaban J connectivity index is 0.000000322. The van der Waals surface area contributed by atoms with E-state index >= 15 is 0 Å². The van der Waals surface area contributed by atoms with Crippen LogP contribution in [0.5, 0.6) is 0 Å². The number of aliphatic carboxylic acids is 1. The van der Waals surface area contributed by atoms with Gasteiger partial charge in [-0.05, 0) is 17.7 Å². The van der Waals surface area contributed by atoms with Gasteiger partial charge in [-0.3, -0.25) is 4.79 Å². The summed E-state index contributed by atoms with van der Waals surface area (Å²) in [4.78, 5) is 19.8. The summed E-state index contributed by atoms with van der Waals surface area (Å²) in [5.74, 6) is -2.81. The second-order valence-electron chi connectivity index (χ2n) is 4.69. The van der Waals surface area contributed by atoms with Crippen LogP contribution in [0.4, 0.5) is 18.9 Å². The zero-order chi connectivity index (χ0) is 17.5. The number of hydrogen-bond acceptors (Lipinski definition) is 4. The molecule has 1 aromatic carbocycles. The highest BCUT2D eigenvalue weighted by molar-refractivity contribution is 5.88. The molecule has 3 N–H and O–H groups in total. The predicted octanol–water partition coefficient (Wildman–Crippen LogP) is 1.94. The van der Waals surface area contributed by atoms with E-state index < -0.39 is 12.1 Å². The highest BCUT2D eigenvalue weighted by Gasteiger charge is 2.38. The Labute approximate surface area is 130 Å². The molecule has 0 radical (unpaired) electrons. The number of carboxylic acid groups (broad SMARTS) is 1. The summed E-state index contributed by atoms with van der Waals surface area (Å²) in [6, 6.07) is 8.11. The van der Waals surface area contributed by atoms with E-state index in [-0.39, 0.29) is 11.9 Å². The number of hydrogen-bond donors (Lipinski definition) is 3. The van der Waals surface area contributed by atoms with Crippen molar-refractivity contribution in [3.63, 3.8) is 0 Å². The summed E-state index contributed by atoms with van der Waals surface area (Å²) in [6.45, 7) is 3.88. The number of halogens is 3. The maximum Gasteiger partial charge on any atom is 0.490 e. The Hall–Kier alpha value is -2.13. The van der Waals surface area contributed by atoms with E-state index in [0.717, 1.165) is 18.8 Å². The Kier molecular flexibility index (Phi) is 6.98. The molecule has 0 aliphatic carbocycles. The lowest BCUT2D eigenvalue weighted by Gasteiger charge is -2.24. The van der Waals surface area contributed by atoms with Crippen LogP contribution < -0.4 is 10.6 Å². The van der Waals surface area contributed by atoms with Crippen LogP contribution >= 0.6 is 0 Å². The van der Waals surface area contributed by atoms with Gasteiger partial charge >= 0.3 is 12.1 Å². The van der Waals surface area contributed by atoms with Gasteiger partial charge in [0.1, 0.15) is 0 Å². The maximum atomic E-state index is 10.9. The standard InChI is InChI=1S/C12H16N2O2.C2HF3O2/c1-9(15)14-11-4-2-10(3-5-11)12-8-16-7-6-13-12;3-2(4,5)1(6)7/h2-5,12-13H,6-8H2,1H3,(H,14,15);(H,6,7).